The first-order chi connectivity index (χ1) is 7.86. The van der Waals surface area contributed by atoms with E-state index in [0.29, 0.717) is 0 Å². The molecule has 1 N–H and O–H groups in total. The molecule has 1 saturated heterocycles. The minimum Gasteiger partial charge on any atom is -0.312 e. The lowest BCUT2D eigenvalue weighted by atomic mass is 9.86. The lowest BCUT2D eigenvalue weighted by molar-refractivity contribution is 0.213. The van der Waals surface area contributed by atoms with Crippen LogP contribution >= 0.6 is 0 Å². The Bertz CT molecular complexity index is 187. The van der Waals surface area contributed by atoms with Crippen LogP contribution < -0.4 is 5.32 Å². The fourth-order valence-corrected chi connectivity index (χ4v) is 3.21. The molecule has 0 aromatic rings. The third-order valence-electron chi connectivity index (χ3n) is 4.39. The second kappa shape index (κ2) is 6.61. The Morgan fingerprint density at radius 2 is 1.75 bits per heavy atom. The standard InChI is InChI=1S/C14H28N2/c1-13-7-3-4-8-14(13)15-9-12-16-10-5-2-6-11-16/h13-15H,2-12H2,1H3/t13-,14-/m1/s1. The molecular weight excluding hydrogens is 196 g/mol. The van der Waals surface area contributed by atoms with Crippen LogP contribution in [0.1, 0.15) is 51.9 Å². The van der Waals surface area contributed by atoms with Crippen molar-refractivity contribution in [3.63, 3.8) is 0 Å². The molecular formula is C14H28N2. The molecule has 0 bridgehead atoms. The van der Waals surface area contributed by atoms with Gasteiger partial charge in [-0.2, -0.15) is 0 Å². The Morgan fingerprint density at radius 1 is 1.00 bits per heavy atom. The summed E-state index contributed by atoms with van der Waals surface area (Å²) in [6.45, 7) is 7.56. The molecule has 0 amide bonds. The quantitative estimate of drug-likeness (QED) is 0.790. The van der Waals surface area contributed by atoms with Crippen molar-refractivity contribution >= 4 is 0 Å². The highest BCUT2D eigenvalue weighted by Crippen LogP contribution is 2.23. The van der Waals surface area contributed by atoms with Gasteiger partial charge in [-0.05, 0) is 44.7 Å². The summed E-state index contributed by atoms with van der Waals surface area (Å²) in [7, 11) is 0. The first-order valence-corrected chi connectivity index (χ1v) is 7.32. The van der Waals surface area contributed by atoms with E-state index in [0.717, 1.165) is 12.0 Å². The average molecular weight is 224 g/mol. The summed E-state index contributed by atoms with van der Waals surface area (Å²) in [4.78, 5) is 2.63. The van der Waals surface area contributed by atoms with Gasteiger partial charge in [0, 0.05) is 19.1 Å². The zero-order valence-corrected chi connectivity index (χ0v) is 10.9. The van der Waals surface area contributed by atoms with Gasteiger partial charge in [-0.15, -0.1) is 0 Å². The summed E-state index contributed by atoms with van der Waals surface area (Å²) in [6, 6.07) is 0.804. The molecule has 2 aliphatic rings. The summed E-state index contributed by atoms with van der Waals surface area (Å²) >= 11 is 0. The van der Waals surface area contributed by atoms with Crippen molar-refractivity contribution in [1.82, 2.24) is 10.2 Å². The maximum absolute atomic E-state index is 3.78. The van der Waals surface area contributed by atoms with Crippen LogP contribution in [-0.2, 0) is 0 Å². The van der Waals surface area contributed by atoms with E-state index in [9.17, 15) is 0 Å². The number of nitrogens with one attached hydrogen (secondary N) is 1. The van der Waals surface area contributed by atoms with Crippen LogP contribution in [-0.4, -0.2) is 37.1 Å². The zero-order chi connectivity index (χ0) is 11.2. The highest BCUT2D eigenvalue weighted by atomic mass is 15.1. The minimum absolute atomic E-state index is 0.804. The van der Waals surface area contributed by atoms with Gasteiger partial charge in [0.1, 0.15) is 0 Å². The van der Waals surface area contributed by atoms with Crippen LogP contribution in [0.4, 0.5) is 0 Å². The largest absolute Gasteiger partial charge is 0.312 e. The highest BCUT2D eigenvalue weighted by Gasteiger charge is 2.20. The van der Waals surface area contributed by atoms with Gasteiger partial charge >= 0.3 is 0 Å². The number of piperidine rings is 1. The van der Waals surface area contributed by atoms with Gasteiger partial charge in [-0.1, -0.05) is 26.2 Å². The van der Waals surface area contributed by atoms with Gasteiger partial charge in [0.25, 0.3) is 0 Å². The third kappa shape index (κ3) is 3.74. The van der Waals surface area contributed by atoms with Crippen molar-refractivity contribution in [2.24, 2.45) is 5.92 Å². The van der Waals surface area contributed by atoms with E-state index in [4.69, 9.17) is 0 Å². The van der Waals surface area contributed by atoms with E-state index in [1.807, 2.05) is 0 Å². The molecule has 2 rings (SSSR count). The van der Waals surface area contributed by atoms with Gasteiger partial charge in [0.05, 0.1) is 0 Å². The van der Waals surface area contributed by atoms with Gasteiger partial charge in [0.15, 0.2) is 0 Å². The molecule has 0 aromatic heterocycles. The van der Waals surface area contributed by atoms with Crippen molar-refractivity contribution in [2.75, 3.05) is 26.2 Å². The van der Waals surface area contributed by atoms with Gasteiger partial charge in [0.2, 0.25) is 0 Å². The van der Waals surface area contributed by atoms with E-state index >= 15 is 0 Å². The fraction of sp³-hybridized carbons (Fsp3) is 1.00. The molecule has 1 heterocycles. The number of rotatable bonds is 4. The fourth-order valence-electron chi connectivity index (χ4n) is 3.21. The summed E-state index contributed by atoms with van der Waals surface area (Å²) in [5, 5.41) is 3.78. The molecule has 2 fully saturated rings. The van der Waals surface area contributed by atoms with Crippen LogP contribution in [0.3, 0.4) is 0 Å². The highest BCUT2D eigenvalue weighted by molar-refractivity contribution is 4.78. The Labute approximate surface area is 101 Å². The number of hydrogen-bond acceptors (Lipinski definition) is 2. The minimum atomic E-state index is 0.804. The van der Waals surface area contributed by atoms with Crippen molar-refractivity contribution in [3.05, 3.63) is 0 Å². The molecule has 0 spiro atoms. The van der Waals surface area contributed by atoms with Gasteiger partial charge in [-0.25, -0.2) is 0 Å². The van der Waals surface area contributed by atoms with Gasteiger partial charge < -0.3 is 10.2 Å². The molecule has 2 atom stereocenters. The molecule has 1 saturated carbocycles. The molecule has 16 heavy (non-hydrogen) atoms. The molecule has 94 valence electrons. The Hall–Kier alpha value is -0.0800. The third-order valence-corrected chi connectivity index (χ3v) is 4.39. The summed E-state index contributed by atoms with van der Waals surface area (Å²) in [5.41, 5.74) is 0. The van der Waals surface area contributed by atoms with Crippen LogP contribution in [0.5, 0.6) is 0 Å². The maximum Gasteiger partial charge on any atom is 0.0107 e. The van der Waals surface area contributed by atoms with Crippen LogP contribution in [0.25, 0.3) is 0 Å². The summed E-state index contributed by atoms with van der Waals surface area (Å²) in [6.07, 6.45) is 10.0. The predicted molar refractivity (Wildman–Crippen MR) is 69.7 cm³/mol. The Morgan fingerprint density at radius 3 is 2.50 bits per heavy atom. The van der Waals surface area contributed by atoms with E-state index in [1.165, 1.54) is 71.1 Å². The SMILES string of the molecule is C[C@@H]1CCCC[C@H]1NCCN1CCCCC1. The lowest BCUT2D eigenvalue weighted by Crippen LogP contribution is -2.42. The maximum atomic E-state index is 3.78. The molecule has 0 radical (unpaired) electrons. The van der Waals surface area contributed by atoms with Crippen LogP contribution in [0.15, 0.2) is 0 Å². The van der Waals surface area contributed by atoms with Crippen molar-refractivity contribution in [2.45, 2.75) is 57.9 Å². The van der Waals surface area contributed by atoms with Crippen molar-refractivity contribution in [3.8, 4) is 0 Å². The van der Waals surface area contributed by atoms with Gasteiger partial charge in [-0.3, -0.25) is 0 Å². The number of hydrogen-bond donors (Lipinski definition) is 1. The molecule has 1 aliphatic heterocycles. The molecule has 0 unspecified atom stereocenters. The first-order valence-electron chi connectivity index (χ1n) is 7.32. The van der Waals surface area contributed by atoms with E-state index in [-0.39, 0.29) is 0 Å². The summed E-state index contributed by atoms with van der Waals surface area (Å²) in [5.74, 6) is 0.898. The predicted octanol–water partition coefficient (Wildman–Crippen LogP) is 2.64. The first kappa shape index (κ1) is 12.4. The normalized spacial score (nSPS) is 32.8. The topological polar surface area (TPSA) is 15.3 Å². The number of nitrogens with zero attached hydrogens (tertiary/aromatic N) is 1. The van der Waals surface area contributed by atoms with Crippen LogP contribution in [0, 0.1) is 5.92 Å². The molecule has 2 nitrogen and oxygen atoms in total. The Kier molecular flexibility index (Phi) is 5.11. The average Bonchev–Trinajstić information content (AvgIpc) is 2.33. The van der Waals surface area contributed by atoms with E-state index < -0.39 is 0 Å². The van der Waals surface area contributed by atoms with E-state index in [2.05, 4.69) is 17.1 Å². The van der Waals surface area contributed by atoms with E-state index in [1.54, 1.807) is 0 Å². The monoisotopic (exact) mass is 224 g/mol. The zero-order valence-electron chi connectivity index (χ0n) is 10.9. The number of likely N-dealkylation sites (tertiary alicyclic amines) is 1. The van der Waals surface area contributed by atoms with Crippen molar-refractivity contribution < 1.29 is 0 Å². The molecule has 1 aliphatic carbocycles. The Balaban J connectivity index is 1.59. The molecule has 2 heteroatoms. The second-order valence-corrected chi connectivity index (χ2v) is 5.72. The lowest BCUT2D eigenvalue weighted by Gasteiger charge is -2.31. The van der Waals surface area contributed by atoms with Crippen LogP contribution in [0.2, 0.25) is 0 Å². The molecule has 0 aromatic carbocycles. The smallest absolute Gasteiger partial charge is 0.0107 e. The summed E-state index contributed by atoms with van der Waals surface area (Å²) < 4.78 is 0. The van der Waals surface area contributed by atoms with Crippen molar-refractivity contribution in [1.29, 1.82) is 0 Å². The second-order valence-electron chi connectivity index (χ2n) is 5.72.